The Hall–Kier alpha value is -0.910. The smallest absolute Gasteiger partial charge is 0.240 e. The van der Waals surface area contributed by atoms with Crippen LogP contribution < -0.4 is 4.72 Å². The zero-order valence-electron chi connectivity index (χ0n) is 13.7. The quantitative estimate of drug-likeness (QED) is 0.875. The number of sulfonamides is 1. The second-order valence-corrected chi connectivity index (χ2v) is 9.23. The van der Waals surface area contributed by atoms with Gasteiger partial charge in [0.25, 0.3) is 0 Å². The lowest BCUT2D eigenvalue weighted by molar-refractivity contribution is 0.134. The Bertz CT molecular complexity index is 594. The first kappa shape index (κ1) is 17.4. The number of hydrogen-bond donors (Lipinski definition) is 2. The summed E-state index contributed by atoms with van der Waals surface area (Å²) in [7, 11) is -3.52. The molecular formula is C17H27NO3S. The predicted octanol–water partition coefficient (Wildman–Crippen LogP) is 2.82. The van der Waals surface area contributed by atoms with Crippen LogP contribution in [0.2, 0.25) is 0 Å². The average Bonchev–Trinajstić information content (AvgIpc) is 2.94. The molecular weight excluding hydrogens is 298 g/mol. The van der Waals surface area contributed by atoms with Gasteiger partial charge in [0.05, 0.1) is 4.90 Å². The van der Waals surface area contributed by atoms with Crippen molar-refractivity contribution < 1.29 is 13.5 Å². The molecule has 1 saturated carbocycles. The summed E-state index contributed by atoms with van der Waals surface area (Å²) < 4.78 is 27.5. The summed E-state index contributed by atoms with van der Waals surface area (Å²) in [4.78, 5) is 0.284. The van der Waals surface area contributed by atoms with E-state index in [1.54, 1.807) is 12.1 Å². The molecule has 1 aromatic carbocycles. The number of aliphatic hydroxyl groups excluding tert-OH is 1. The maximum atomic E-state index is 12.4. The predicted molar refractivity (Wildman–Crippen MR) is 88.3 cm³/mol. The Morgan fingerprint density at radius 2 is 1.68 bits per heavy atom. The third kappa shape index (κ3) is 3.89. The fourth-order valence-electron chi connectivity index (χ4n) is 2.98. The lowest BCUT2D eigenvalue weighted by Crippen LogP contribution is -2.38. The Kier molecular flexibility index (Phi) is 5.00. The van der Waals surface area contributed by atoms with Gasteiger partial charge in [-0.15, -0.1) is 0 Å². The topological polar surface area (TPSA) is 66.4 Å². The van der Waals surface area contributed by atoms with Gasteiger partial charge in [0.15, 0.2) is 0 Å². The summed E-state index contributed by atoms with van der Waals surface area (Å²) in [5, 5.41) is 9.58. The Labute approximate surface area is 134 Å². The fraction of sp³-hybridized carbons (Fsp3) is 0.647. The molecule has 2 rings (SSSR count). The summed E-state index contributed by atoms with van der Waals surface area (Å²) in [5.74, 6) is 0. The Morgan fingerprint density at radius 1 is 1.14 bits per heavy atom. The first-order valence-electron chi connectivity index (χ1n) is 7.90. The highest BCUT2D eigenvalue weighted by Gasteiger charge is 2.34. The van der Waals surface area contributed by atoms with Crippen LogP contribution in [0.4, 0.5) is 0 Å². The fourth-order valence-corrected chi connectivity index (χ4v) is 4.14. The van der Waals surface area contributed by atoms with E-state index in [9.17, 15) is 13.5 Å². The Balaban J connectivity index is 2.10. The number of nitrogens with one attached hydrogen (secondary N) is 1. The molecule has 1 aliphatic carbocycles. The molecule has 0 spiro atoms. The maximum Gasteiger partial charge on any atom is 0.240 e. The molecule has 124 valence electrons. The van der Waals surface area contributed by atoms with Crippen molar-refractivity contribution in [2.75, 3.05) is 13.2 Å². The van der Waals surface area contributed by atoms with Gasteiger partial charge in [-0.25, -0.2) is 13.1 Å². The standard InChI is InChI=1S/C17H27NO3S/c1-16(2,3)14-6-8-15(9-7-14)22(20,21)18-12-17(13-19)10-4-5-11-17/h6-9,18-19H,4-5,10-13H2,1-3H3. The molecule has 5 heteroatoms. The minimum Gasteiger partial charge on any atom is -0.396 e. The van der Waals surface area contributed by atoms with Crippen molar-refractivity contribution in [3.05, 3.63) is 29.8 Å². The normalized spacial score (nSPS) is 18.5. The van der Waals surface area contributed by atoms with Crippen molar-refractivity contribution in [3.63, 3.8) is 0 Å². The summed E-state index contributed by atoms with van der Waals surface area (Å²) in [6.45, 7) is 6.64. The summed E-state index contributed by atoms with van der Waals surface area (Å²) >= 11 is 0. The van der Waals surface area contributed by atoms with Crippen molar-refractivity contribution in [2.24, 2.45) is 5.41 Å². The van der Waals surface area contributed by atoms with Crippen LogP contribution in [0, 0.1) is 5.41 Å². The van der Waals surface area contributed by atoms with Crippen molar-refractivity contribution in [3.8, 4) is 0 Å². The van der Waals surface area contributed by atoms with E-state index in [1.165, 1.54) is 0 Å². The van der Waals surface area contributed by atoms with Crippen molar-refractivity contribution in [2.45, 2.75) is 56.8 Å². The van der Waals surface area contributed by atoms with Gasteiger partial charge in [-0.2, -0.15) is 0 Å². The van der Waals surface area contributed by atoms with E-state index in [0.29, 0.717) is 6.54 Å². The average molecular weight is 325 g/mol. The van der Waals surface area contributed by atoms with E-state index in [2.05, 4.69) is 25.5 Å². The lowest BCUT2D eigenvalue weighted by atomic mass is 9.87. The third-order valence-electron chi connectivity index (χ3n) is 4.67. The van der Waals surface area contributed by atoms with Crippen LogP contribution in [0.25, 0.3) is 0 Å². The molecule has 0 radical (unpaired) electrons. The number of benzene rings is 1. The molecule has 0 amide bonds. The molecule has 0 aliphatic heterocycles. The van der Waals surface area contributed by atoms with Gasteiger partial charge in [-0.1, -0.05) is 45.7 Å². The second-order valence-electron chi connectivity index (χ2n) is 7.46. The molecule has 0 saturated heterocycles. The summed E-state index contributed by atoms with van der Waals surface area (Å²) in [5.41, 5.74) is 0.827. The van der Waals surface area contributed by atoms with E-state index in [4.69, 9.17) is 0 Å². The van der Waals surface area contributed by atoms with Crippen LogP contribution in [-0.2, 0) is 15.4 Å². The number of aliphatic hydroxyl groups is 1. The van der Waals surface area contributed by atoms with Gasteiger partial charge < -0.3 is 5.11 Å². The SMILES string of the molecule is CC(C)(C)c1ccc(S(=O)(=O)NCC2(CO)CCCC2)cc1. The first-order chi connectivity index (χ1) is 10.2. The van der Waals surface area contributed by atoms with Crippen LogP contribution >= 0.6 is 0 Å². The minimum absolute atomic E-state index is 0.000510. The highest BCUT2D eigenvalue weighted by molar-refractivity contribution is 7.89. The maximum absolute atomic E-state index is 12.4. The van der Waals surface area contributed by atoms with Gasteiger partial charge in [0, 0.05) is 18.6 Å². The summed E-state index contributed by atoms with van der Waals surface area (Å²) in [6.07, 6.45) is 3.88. The molecule has 0 unspecified atom stereocenters. The van der Waals surface area contributed by atoms with E-state index < -0.39 is 10.0 Å². The van der Waals surface area contributed by atoms with Crippen molar-refractivity contribution in [1.82, 2.24) is 4.72 Å². The molecule has 0 aromatic heterocycles. The summed E-state index contributed by atoms with van der Waals surface area (Å²) in [6, 6.07) is 7.05. The zero-order valence-corrected chi connectivity index (χ0v) is 14.5. The number of hydrogen-bond acceptors (Lipinski definition) is 3. The van der Waals surface area contributed by atoms with Gasteiger partial charge in [-0.05, 0) is 36.0 Å². The van der Waals surface area contributed by atoms with Crippen LogP contribution in [0.3, 0.4) is 0 Å². The molecule has 0 heterocycles. The molecule has 1 aromatic rings. The van der Waals surface area contributed by atoms with Crippen LogP contribution in [0.15, 0.2) is 29.2 Å². The molecule has 2 N–H and O–H groups in total. The van der Waals surface area contributed by atoms with Crippen LogP contribution in [0.1, 0.15) is 52.0 Å². The van der Waals surface area contributed by atoms with Crippen LogP contribution in [0.5, 0.6) is 0 Å². The molecule has 1 aliphatic rings. The molecule has 0 atom stereocenters. The first-order valence-corrected chi connectivity index (χ1v) is 9.38. The van der Waals surface area contributed by atoms with E-state index in [0.717, 1.165) is 31.2 Å². The highest BCUT2D eigenvalue weighted by atomic mass is 32.2. The number of rotatable bonds is 5. The van der Waals surface area contributed by atoms with Gasteiger partial charge >= 0.3 is 0 Å². The molecule has 0 bridgehead atoms. The van der Waals surface area contributed by atoms with Crippen molar-refractivity contribution in [1.29, 1.82) is 0 Å². The van der Waals surface area contributed by atoms with E-state index >= 15 is 0 Å². The van der Waals surface area contributed by atoms with E-state index in [1.807, 2.05) is 12.1 Å². The third-order valence-corrected chi connectivity index (χ3v) is 6.08. The van der Waals surface area contributed by atoms with Gasteiger partial charge in [0.1, 0.15) is 0 Å². The van der Waals surface area contributed by atoms with Crippen molar-refractivity contribution >= 4 is 10.0 Å². The van der Waals surface area contributed by atoms with Gasteiger partial charge in [-0.3, -0.25) is 0 Å². The van der Waals surface area contributed by atoms with Crippen LogP contribution in [-0.4, -0.2) is 26.7 Å². The van der Waals surface area contributed by atoms with E-state index in [-0.39, 0.29) is 22.3 Å². The molecule has 22 heavy (non-hydrogen) atoms. The largest absolute Gasteiger partial charge is 0.396 e. The molecule has 4 nitrogen and oxygen atoms in total. The monoisotopic (exact) mass is 325 g/mol. The highest BCUT2D eigenvalue weighted by Crippen LogP contribution is 2.37. The zero-order chi connectivity index (χ0) is 16.4. The Morgan fingerprint density at radius 3 is 2.14 bits per heavy atom. The molecule has 1 fully saturated rings. The second kappa shape index (κ2) is 6.30. The van der Waals surface area contributed by atoms with Gasteiger partial charge in [0.2, 0.25) is 10.0 Å². The lowest BCUT2D eigenvalue weighted by Gasteiger charge is -2.26. The minimum atomic E-state index is -3.52.